The van der Waals surface area contributed by atoms with E-state index in [-0.39, 0.29) is 0 Å². The molecule has 3 nitrogen and oxygen atoms in total. The van der Waals surface area contributed by atoms with Gasteiger partial charge in [-0.3, -0.25) is 0 Å². The van der Waals surface area contributed by atoms with Crippen LogP contribution in [0.1, 0.15) is 36.5 Å². The second-order valence-corrected chi connectivity index (χ2v) is 7.48. The third-order valence-corrected chi connectivity index (χ3v) is 5.62. The van der Waals surface area contributed by atoms with Gasteiger partial charge in [-0.1, -0.05) is 6.92 Å². The van der Waals surface area contributed by atoms with Crippen molar-refractivity contribution in [1.82, 2.24) is 15.3 Å². The summed E-state index contributed by atoms with van der Waals surface area (Å²) in [6.45, 7) is 5.04. The molecule has 2 aromatic rings. The maximum Gasteiger partial charge on any atom is 0.125 e. The first kappa shape index (κ1) is 13.1. The Labute approximate surface area is 121 Å². The molecule has 100 valence electrons. The lowest BCUT2D eigenvalue weighted by Crippen LogP contribution is -2.26. The van der Waals surface area contributed by atoms with E-state index >= 15 is 0 Å². The molecule has 0 fully saturated rings. The van der Waals surface area contributed by atoms with Crippen LogP contribution >= 0.6 is 23.1 Å². The van der Waals surface area contributed by atoms with Gasteiger partial charge in [0.25, 0.3) is 0 Å². The molecule has 1 unspecified atom stereocenters. The summed E-state index contributed by atoms with van der Waals surface area (Å²) < 4.78 is 1.47. The zero-order valence-corrected chi connectivity index (χ0v) is 12.7. The maximum absolute atomic E-state index is 4.44. The molecule has 19 heavy (non-hydrogen) atoms. The fourth-order valence-electron chi connectivity index (χ4n) is 2.37. The minimum atomic E-state index is 0.452. The Bertz CT molecular complexity index is 567. The zero-order valence-electron chi connectivity index (χ0n) is 11.1. The van der Waals surface area contributed by atoms with E-state index in [4.69, 9.17) is 0 Å². The van der Waals surface area contributed by atoms with E-state index < -0.39 is 0 Å². The number of aryl methyl sites for hydroxylation is 1. The molecular formula is C14H17N3S2. The summed E-state index contributed by atoms with van der Waals surface area (Å²) in [7, 11) is 0. The van der Waals surface area contributed by atoms with Crippen molar-refractivity contribution in [2.45, 2.75) is 42.3 Å². The standard InChI is InChI=1S/C14H17N3S2/c1-9-7-13(12-4-6-18-14(12)19-9)16-8-11-3-5-15-10(2)17-11/h3-6,9,13,16H,7-8H2,1-2H3/t9-,13?/m0/s1. The summed E-state index contributed by atoms with van der Waals surface area (Å²) in [5.74, 6) is 0.836. The number of hydrogen-bond acceptors (Lipinski definition) is 5. The Morgan fingerprint density at radius 2 is 2.32 bits per heavy atom. The van der Waals surface area contributed by atoms with E-state index in [1.165, 1.54) is 16.2 Å². The summed E-state index contributed by atoms with van der Waals surface area (Å²) >= 11 is 3.85. The van der Waals surface area contributed by atoms with Gasteiger partial charge in [0.2, 0.25) is 0 Å². The van der Waals surface area contributed by atoms with Crippen molar-refractivity contribution >= 4 is 23.1 Å². The first-order valence-corrected chi connectivity index (χ1v) is 8.24. The van der Waals surface area contributed by atoms with E-state index in [2.05, 4.69) is 33.7 Å². The van der Waals surface area contributed by atoms with E-state index in [1.54, 1.807) is 0 Å². The first-order chi connectivity index (χ1) is 9.22. The van der Waals surface area contributed by atoms with Crippen molar-refractivity contribution in [3.63, 3.8) is 0 Å². The van der Waals surface area contributed by atoms with Gasteiger partial charge < -0.3 is 5.32 Å². The fourth-order valence-corrected chi connectivity index (χ4v) is 4.94. The highest BCUT2D eigenvalue weighted by Gasteiger charge is 2.25. The average Bonchev–Trinajstić information content (AvgIpc) is 2.84. The monoisotopic (exact) mass is 291 g/mol. The van der Waals surface area contributed by atoms with E-state index in [1.807, 2.05) is 42.3 Å². The molecule has 0 saturated heterocycles. The summed E-state index contributed by atoms with van der Waals surface area (Å²) in [4.78, 5) is 8.58. The number of nitrogens with zero attached hydrogens (tertiary/aromatic N) is 2. The largest absolute Gasteiger partial charge is 0.304 e. The number of hydrogen-bond donors (Lipinski definition) is 1. The van der Waals surface area contributed by atoms with Crippen LogP contribution in [0.2, 0.25) is 0 Å². The molecule has 0 saturated carbocycles. The number of aromatic nitrogens is 2. The topological polar surface area (TPSA) is 37.8 Å². The zero-order chi connectivity index (χ0) is 13.2. The van der Waals surface area contributed by atoms with Gasteiger partial charge in [0.05, 0.1) is 9.90 Å². The van der Waals surface area contributed by atoms with Gasteiger partial charge >= 0.3 is 0 Å². The Morgan fingerprint density at radius 1 is 1.42 bits per heavy atom. The number of rotatable bonds is 3. The van der Waals surface area contributed by atoms with Crippen molar-refractivity contribution in [2.75, 3.05) is 0 Å². The molecule has 0 aromatic carbocycles. The van der Waals surface area contributed by atoms with Crippen molar-refractivity contribution in [2.24, 2.45) is 0 Å². The van der Waals surface area contributed by atoms with Crippen LogP contribution in [0.3, 0.4) is 0 Å². The second kappa shape index (κ2) is 5.61. The van der Waals surface area contributed by atoms with Crippen molar-refractivity contribution in [1.29, 1.82) is 0 Å². The highest BCUT2D eigenvalue weighted by atomic mass is 32.2. The molecule has 0 radical (unpaired) electrons. The predicted octanol–water partition coefficient (Wildman–Crippen LogP) is 3.56. The average molecular weight is 291 g/mol. The number of thiophene rings is 1. The molecule has 3 rings (SSSR count). The molecule has 1 N–H and O–H groups in total. The van der Waals surface area contributed by atoms with Crippen LogP contribution in [0.5, 0.6) is 0 Å². The molecule has 3 heterocycles. The van der Waals surface area contributed by atoms with Gasteiger partial charge in [0, 0.05) is 24.0 Å². The summed E-state index contributed by atoms with van der Waals surface area (Å²) in [5.41, 5.74) is 2.52. The Morgan fingerprint density at radius 3 is 3.16 bits per heavy atom. The van der Waals surface area contributed by atoms with Gasteiger partial charge in [-0.2, -0.15) is 0 Å². The fraction of sp³-hybridized carbons (Fsp3) is 0.429. The van der Waals surface area contributed by atoms with Gasteiger partial charge in [-0.05, 0) is 36.4 Å². The van der Waals surface area contributed by atoms with E-state index in [9.17, 15) is 0 Å². The second-order valence-electron chi connectivity index (χ2n) is 4.86. The molecule has 0 spiro atoms. The van der Waals surface area contributed by atoms with Gasteiger partial charge in [-0.25, -0.2) is 9.97 Å². The lowest BCUT2D eigenvalue weighted by Gasteiger charge is -2.27. The lowest BCUT2D eigenvalue weighted by molar-refractivity contribution is 0.484. The van der Waals surface area contributed by atoms with Crippen LogP contribution in [0.4, 0.5) is 0 Å². The molecule has 2 aromatic heterocycles. The molecule has 1 aliphatic heterocycles. The normalized spacial score (nSPS) is 22.2. The molecule has 0 bridgehead atoms. The Hall–Kier alpha value is -0.910. The molecule has 2 atom stereocenters. The molecule has 5 heteroatoms. The summed E-state index contributed by atoms with van der Waals surface area (Å²) in [5, 5.41) is 6.51. The van der Waals surface area contributed by atoms with E-state index in [0.717, 1.165) is 18.1 Å². The molecule has 0 amide bonds. The highest BCUT2D eigenvalue weighted by molar-refractivity contribution is 8.01. The van der Waals surface area contributed by atoms with E-state index in [0.29, 0.717) is 11.3 Å². The quantitative estimate of drug-likeness (QED) is 0.938. The Kier molecular flexibility index (Phi) is 3.86. The number of nitrogens with one attached hydrogen (secondary N) is 1. The molecule has 1 aliphatic rings. The lowest BCUT2D eigenvalue weighted by atomic mass is 10.0. The van der Waals surface area contributed by atoms with Crippen LogP contribution in [-0.4, -0.2) is 15.2 Å². The van der Waals surface area contributed by atoms with Crippen LogP contribution in [0, 0.1) is 6.92 Å². The van der Waals surface area contributed by atoms with Gasteiger partial charge in [-0.15, -0.1) is 23.1 Å². The van der Waals surface area contributed by atoms with Crippen LogP contribution < -0.4 is 5.32 Å². The third-order valence-electron chi connectivity index (χ3n) is 3.27. The SMILES string of the molecule is Cc1nccc(CNC2C[C@H](C)Sc3sccc32)n1. The predicted molar refractivity (Wildman–Crippen MR) is 80.6 cm³/mol. The first-order valence-electron chi connectivity index (χ1n) is 6.48. The minimum absolute atomic E-state index is 0.452. The van der Waals surface area contributed by atoms with Crippen LogP contribution in [0.15, 0.2) is 27.9 Å². The van der Waals surface area contributed by atoms with Crippen LogP contribution in [-0.2, 0) is 6.54 Å². The molecular weight excluding hydrogens is 274 g/mol. The van der Waals surface area contributed by atoms with Crippen molar-refractivity contribution < 1.29 is 0 Å². The summed E-state index contributed by atoms with van der Waals surface area (Å²) in [6.07, 6.45) is 3.01. The van der Waals surface area contributed by atoms with Gasteiger partial charge in [0.1, 0.15) is 5.82 Å². The number of thioether (sulfide) groups is 1. The van der Waals surface area contributed by atoms with Crippen molar-refractivity contribution in [3.8, 4) is 0 Å². The highest BCUT2D eigenvalue weighted by Crippen LogP contribution is 2.43. The molecule has 0 aliphatic carbocycles. The van der Waals surface area contributed by atoms with Crippen LogP contribution in [0.25, 0.3) is 0 Å². The van der Waals surface area contributed by atoms with Crippen molar-refractivity contribution in [3.05, 3.63) is 40.8 Å². The van der Waals surface area contributed by atoms with Gasteiger partial charge in [0.15, 0.2) is 0 Å². The smallest absolute Gasteiger partial charge is 0.125 e. The minimum Gasteiger partial charge on any atom is -0.304 e. The third kappa shape index (κ3) is 2.99. The maximum atomic E-state index is 4.44. The number of fused-ring (bicyclic) bond motifs is 1. The Balaban J connectivity index is 1.71. The summed E-state index contributed by atoms with van der Waals surface area (Å²) in [6, 6.07) is 4.69.